The predicted molar refractivity (Wildman–Crippen MR) is 149 cm³/mol. The lowest BCUT2D eigenvalue weighted by molar-refractivity contribution is -0.112. The molecule has 1 aliphatic carbocycles. The number of alkyl halides is 2. The van der Waals surface area contributed by atoms with Crippen LogP contribution in [0.25, 0.3) is 12.2 Å². The van der Waals surface area contributed by atoms with Gasteiger partial charge in [0.1, 0.15) is 0 Å². The third-order valence-electron chi connectivity index (χ3n) is 5.60. The van der Waals surface area contributed by atoms with E-state index < -0.39 is 0 Å². The SMILES string of the molecule is COc1cc(/C=C2\CCC/C(=C\c3ccc(OCCCBr)c(OC)c3)C2=O)ccc1OCCCBr. The molecule has 0 N–H and O–H groups in total. The van der Waals surface area contributed by atoms with E-state index >= 15 is 0 Å². The molecule has 0 saturated heterocycles. The zero-order valence-electron chi connectivity index (χ0n) is 20.3. The predicted octanol–water partition coefficient (Wildman–Crippen LogP) is 7.25. The monoisotopic (exact) mass is 606 g/mol. The molecular weight excluding hydrogens is 576 g/mol. The van der Waals surface area contributed by atoms with Crippen molar-refractivity contribution >= 4 is 49.8 Å². The number of carbonyl (C=O) groups excluding carboxylic acids is 1. The van der Waals surface area contributed by atoms with Crippen molar-refractivity contribution in [2.24, 2.45) is 0 Å². The first-order chi connectivity index (χ1) is 17.1. The summed E-state index contributed by atoms with van der Waals surface area (Å²) >= 11 is 6.82. The second-order valence-corrected chi connectivity index (χ2v) is 9.71. The van der Waals surface area contributed by atoms with Gasteiger partial charge in [-0.15, -0.1) is 0 Å². The maximum atomic E-state index is 13.3. The number of methoxy groups -OCH3 is 2. The van der Waals surface area contributed by atoms with E-state index in [1.54, 1.807) is 14.2 Å². The van der Waals surface area contributed by atoms with Crippen LogP contribution in [-0.4, -0.2) is 43.9 Å². The molecule has 7 heteroatoms. The highest BCUT2D eigenvalue weighted by Crippen LogP contribution is 2.33. The maximum Gasteiger partial charge on any atom is 0.185 e. The van der Waals surface area contributed by atoms with Crippen molar-refractivity contribution in [2.75, 3.05) is 38.1 Å². The van der Waals surface area contributed by atoms with Crippen LogP contribution in [-0.2, 0) is 4.79 Å². The number of Topliss-reactive ketones (excluding diaryl/α,β-unsaturated/α-hetero) is 1. The molecule has 0 bridgehead atoms. The summed E-state index contributed by atoms with van der Waals surface area (Å²) in [6.07, 6.45) is 8.19. The third-order valence-corrected chi connectivity index (χ3v) is 6.73. The minimum atomic E-state index is 0.0875. The maximum absolute atomic E-state index is 13.3. The van der Waals surface area contributed by atoms with Crippen LogP contribution in [0.4, 0.5) is 0 Å². The van der Waals surface area contributed by atoms with Crippen LogP contribution in [0.3, 0.4) is 0 Å². The van der Waals surface area contributed by atoms with Crippen molar-refractivity contribution in [3.8, 4) is 23.0 Å². The first kappa shape index (κ1) is 27.3. The number of hydrogen-bond donors (Lipinski definition) is 0. The van der Waals surface area contributed by atoms with E-state index in [1.807, 2.05) is 48.6 Å². The lowest BCUT2D eigenvalue weighted by Crippen LogP contribution is -2.12. The average Bonchev–Trinajstić information content (AvgIpc) is 2.88. The van der Waals surface area contributed by atoms with Gasteiger partial charge in [0.05, 0.1) is 27.4 Å². The summed E-state index contributed by atoms with van der Waals surface area (Å²) in [6, 6.07) is 11.6. The van der Waals surface area contributed by atoms with E-state index in [1.165, 1.54) is 0 Å². The lowest BCUT2D eigenvalue weighted by Gasteiger charge is -2.17. The molecule has 0 radical (unpaired) electrons. The number of ether oxygens (including phenoxy) is 4. The van der Waals surface area contributed by atoms with Gasteiger partial charge < -0.3 is 18.9 Å². The molecule has 0 aliphatic heterocycles. The number of carbonyl (C=O) groups is 1. The van der Waals surface area contributed by atoms with Gasteiger partial charge in [-0.1, -0.05) is 44.0 Å². The smallest absolute Gasteiger partial charge is 0.185 e. The molecule has 0 heterocycles. The summed E-state index contributed by atoms with van der Waals surface area (Å²) in [6.45, 7) is 1.23. The number of ketones is 1. The molecule has 1 aliphatic rings. The molecule has 0 spiro atoms. The van der Waals surface area contributed by atoms with Crippen molar-refractivity contribution in [2.45, 2.75) is 32.1 Å². The molecule has 3 rings (SSSR count). The molecule has 0 unspecified atom stereocenters. The minimum absolute atomic E-state index is 0.0875. The van der Waals surface area contributed by atoms with Crippen LogP contribution in [0.15, 0.2) is 47.5 Å². The highest BCUT2D eigenvalue weighted by atomic mass is 79.9. The summed E-state index contributed by atoms with van der Waals surface area (Å²) in [5.41, 5.74) is 3.45. The number of allylic oxidation sites excluding steroid dienone is 2. The molecule has 35 heavy (non-hydrogen) atoms. The summed E-state index contributed by atoms with van der Waals surface area (Å²) < 4.78 is 22.6. The minimum Gasteiger partial charge on any atom is -0.493 e. The summed E-state index contributed by atoms with van der Waals surface area (Å²) in [7, 11) is 3.25. The molecule has 188 valence electrons. The normalized spacial score (nSPS) is 15.9. The van der Waals surface area contributed by atoms with Crippen molar-refractivity contribution in [3.63, 3.8) is 0 Å². The van der Waals surface area contributed by atoms with E-state index in [0.717, 1.165) is 65.0 Å². The molecule has 1 saturated carbocycles. The number of hydrogen-bond acceptors (Lipinski definition) is 5. The molecule has 2 aromatic rings. The third kappa shape index (κ3) is 7.87. The second-order valence-electron chi connectivity index (χ2n) is 8.12. The quantitative estimate of drug-likeness (QED) is 0.144. The van der Waals surface area contributed by atoms with Gasteiger partial charge >= 0.3 is 0 Å². The van der Waals surface area contributed by atoms with Crippen LogP contribution in [0.1, 0.15) is 43.2 Å². The number of benzene rings is 2. The van der Waals surface area contributed by atoms with Gasteiger partial charge in [-0.3, -0.25) is 4.79 Å². The van der Waals surface area contributed by atoms with E-state index in [0.29, 0.717) is 36.2 Å². The van der Waals surface area contributed by atoms with Crippen LogP contribution < -0.4 is 18.9 Å². The first-order valence-electron chi connectivity index (χ1n) is 11.8. The van der Waals surface area contributed by atoms with E-state index in [9.17, 15) is 4.79 Å². The van der Waals surface area contributed by atoms with Gasteiger partial charge in [-0.25, -0.2) is 0 Å². The van der Waals surface area contributed by atoms with Crippen LogP contribution in [0.5, 0.6) is 23.0 Å². The first-order valence-corrected chi connectivity index (χ1v) is 14.0. The van der Waals surface area contributed by atoms with Gasteiger partial charge in [-0.05, 0) is 79.6 Å². The molecule has 2 aromatic carbocycles. The molecule has 1 fully saturated rings. The van der Waals surface area contributed by atoms with Crippen molar-refractivity contribution < 1.29 is 23.7 Å². The Balaban J connectivity index is 1.78. The van der Waals surface area contributed by atoms with E-state index in [-0.39, 0.29) is 5.78 Å². The second kappa shape index (κ2) is 14.3. The fourth-order valence-electron chi connectivity index (χ4n) is 3.84. The van der Waals surface area contributed by atoms with Gasteiger partial charge in [-0.2, -0.15) is 0 Å². The Kier molecular flexibility index (Phi) is 11.2. The Labute approximate surface area is 224 Å². The van der Waals surface area contributed by atoms with Crippen molar-refractivity contribution in [1.82, 2.24) is 0 Å². The van der Waals surface area contributed by atoms with Gasteiger partial charge in [0.15, 0.2) is 28.8 Å². The van der Waals surface area contributed by atoms with Crippen LogP contribution >= 0.6 is 31.9 Å². The van der Waals surface area contributed by atoms with E-state index in [2.05, 4.69) is 31.9 Å². The Morgan fingerprint density at radius 2 is 1.20 bits per heavy atom. The Morgan fingerprint density at radius 3 is 1.60 bits per heavy atom. The zero-order valence-corrected chi connectivity index (χ0v) is 23.5. The summed E-state index contributed by atoms with van der Waals surface area (Å²) in [5, 5.41) is 1.78. The fourth-order valence-corrected chi connectivity index (χ4v) is 4.30. The topological polar surface area (TPSA) is 54.0 Å². The average molecular weight is 608 g/mol. The van der Waals surface area contributed by atoms with Gasteiger partial charge in [0.2, 0.25) is 0 Å². The standard InChI is InChI=1S/C28H32Br2O5/c1-32-26-18-20(8-10-24(26)34-14-4-12-29)16-22-6-3-7-23(28(22)31)17-21-9-11-25(27(19-21)33-2)35-15-5-13-30/h8-11,16-19H,3-7,12-15H2,1-2H3/b22-16+,23-17+. The summed E-state index contributed by atoms with van der Waals surface area (Å²) in [5.74, 6) is 2.83. The van der Waals surface area contributed by atoms with Gasteiger partial charge in [0, 0.05) is 21.8 Å². The fraction of sp³-hybridized carbons (Fsp3) is 0.393. The van der Waals surface area contributed by atoms with Crippen LogP contribution in [0.2, 0.25) is 0 Å². The van der Waals surface area contributed by atoms with E-state index in [4.69, 9.17) is 18.9 Å². The largest absolute Gasteiger partial charge is 0.493 e. The molecule has 0 atom stereocenters. The molecule has 0 aromatic heterocycles. The van der Waals surface area contributed by atoms with Crippen molar-refractivity contribution in [1.29, 1.82) is 0 Å². The zero-order chi connectivity index (χ0) is 25.0. The molecular formula is C28H32Br2O5. The molecule has 5 nitrogen and oxygen atoms in total. The Morgan fingerprint density at radius 1 is 0.743 bits per heavy atom. The molecule has 0 amide bonds. The number of halogens is 2. The number of rotatable bonds is 12. The Hall–Kier alpha value is -2.25. The highest BCUT2D eigenvalue weighted by molar-refractivity contribution is 9.09. The summed E-state index contributed by atoms with van der Waals surface area (Å²) in [4.78, 5) is 13.3. The highest BCUT2D eigenvalue weighted by Gasteiger charge is 2.21. The van der Waals surface area contributed by atoms with Gasteiger partial charge in [0.25, 0.3) is 0 Å². The Bertz CT molecular complexity index is 980. The lowest BCUT2D eigenvalue weighted by atomic mass is 9.87. The van der Waals surface area contributed by atoms with Crippen molar-refractivity contribution in [3.05, 3.63) is 58.7 Å². The van der Waals surface area contributed by atoms with Crippen LogP contribution in [0, 0.1) is 0 Å².